The van der Waals surface area contributed by atoms with Gasteiger partial charge in [-0.25, -0.2) is 14.7 Å². The Bertz CT molecular complexity index is 1160. The third-order valence-corrected chi connectivity index (χ3v) is 5.73. The van der Waals surface area contributed by atoms with Crippen molar-refractivity contribution in [3.8, 4) is 0 Å². The molecule has 188 valence electrons. The molecule has 0 N–H and O–H groups in total. The second-order valence-electron chi connectivity index (χ2n) is 8.81. The van der Waals surface area contributed by atoms with Gasteiger partial charge in [-0.1, -0.05) is 29.8 Å². The number of carbonyl (C=O) groups is 2. The highest BCUT2D eigenvalue weighted by atomic mass is 19.4. The Morgan fingerprint density at radius 3 is 2.23 bits per heavy atom. The Morgan fingerprint density at radius 2 is 1.66 bits per heavy atom. The van der Waals surface area contributed by atoms with E-state index in [1.54, 1.807) is 20.8 Å². The van der Waals surface area contributed by atoms with Gasteiger partial charge in [-0.3, -0.25) is 4.79 Å². The maximum absolute atomic E-state index is 13.6. The number of hydrogen-bond acceptors (Lipinski definition) is 5. The number of hydroxylamine groups is 2. The van der Waals surface area contributed by atoms with Crippen molar-refractivity contribution in [3.63, 3.8) is 0 Å². The molecular weight excluding hydrogens is 463 g/mol. The van der Waals surface area contributed by atoms with Crippen LogP contribution in [0.3, 0.4) is 0 Å². The van der Waals surface area contributed by atoms with Crippen LogP contribution in [-0.2, 0) is 25.3 Å². The molecular formula is C26H28F3NO5. The minimum absolute atomic E-state index is 0.0549. The van der Waals surface area contributed by atoms with E-state index in [1.165, 1.54) is 12.1 Å². The van der Waals surface area contributed by atoms with Gasteiger partial charge in [-0.05, 0) is 70.4 Å². The van der Waals surface area contributed by atoms with Crippen molar-refractivity contribution in [1.82, 2.24) is 5.06 Å². The number of aryl methyl sites for hydroxylation is 3. The first-order valence-electron chi connectivity index (χ1n) is 11.1. The van der Waals surface area contributed by atoms with E-state index in [-0.39, 0.29) is 18.1 Å². The molecule has 0 atom stereocenters. The van der Waals surface area contributed by atoms with Crippen molar-refractivity contribution in [3.05, 3.63) is 75.5 Å². The van der Waals surface area contributed by atoms with Gasteiger partial charge in [0.25, 0.3) is 5.91 Å². The Morgan fingerprint density at radius 1 is 1.06 bits per heavy atom. The summed E-state index contributed by atoms with van der Waals surface area (Å²) in [5.74, 6) is -1.91. The molecule has 0 saturated heterocycles. The average molecular weight is 492 g/mol. The van der Waals surface area contributed by atoms with Gasteiger partial charge in [0.15, 0.2) is 6.79 Å². The Labute approximate surface area is 202 Å². The smallest absolute Gasteiger partial charge is 0.417 e. The third-order valence-electron chi connectivity index (χ3n) is 5.73. The zero-order chi connectivity index (χ0) is 26.1. The molecule has 6 nitrogen and oxygen atoms in total. The van der Waals surface area contributed by atoms with E-state index in [2.05, 4.69) is 0 Å². The lowest BCUT2D eigenvalue weighted by Crippen LogP contribution is -2.44. The fraction of sp³-hybridized carbons (Fsp3) is 0.385. The summed E-state index contributed by atoms with van der Waals surface area (Å²) in [5, 5.41) is 1.04. The minimum Gasteiger partial charge on any atom is -0.424 e. The van der Waals surface area contributed by atoms with Gasteiger partial charge in [0.2, 0.25) is 0 Å². The van der Waals surface area contributed by atoms with Crippen LogP contribution in [0.4, 0.5) is 13.2 Å². The van der Waals surface area contributed by atoms with Crippen molar-refractivity contribution < 1.29 is 37.1 Å². The fourth-order valence-corrected chi connectivity index (χ4v) is 4.27. The lowest BCUT2D eigenvalue weighted by atomic mass is 9.91. The van der Waals surface area contributed by atoms with Crippen LogP contribution in [0.15, 0.2) is 42.2 Å². The summed E-state index contributed by atoms with van der Waals surface area (Å²) < 4.78 is 51.5. The van der Waals surface area contributed by atoms with Crippen molar-refractivity contribution in [2.75, 3.05) is 13.4 Å². The highest BCUT2D eigenvalue weighted by molar-refractivity contribution is 6.23. The zero-order valence-electron chi connectivity index (χ0n) is 20.5. The molecule has 0 unspecified atom stereocenters. The second kappa shape index (κ2) is 9.83. The van der Waals surface area contributed by atoms with Gasteiger partial charge < -0.3 is 9.47 Å². The molecule has 0 aromatic heterocycles. The van der Waals surface area contributed by atoms with Gasteiger partial charge in [0.1, 0.15) is 11.3 Å². The highest BCUT2D eigenvalue weighted by Crippen LogP contribution is 2.43. The van der Waals surface area contributed by atoms with Crippen molar-refractivity contribution in [1.29, 1.82) is 0 Å². The first kappa shape index (κ1) is 26.4. The van der Waals surface area contributed by atoms with E-state index in [0.717, 1.165) is 33.9 Å². The summed E-state index contributed by atoms with van der Waals surface area (Å²) in [5.41, 5.74) is -0.0490. The topological polar surface area (TPSA) is 65.1 Å². The SMILES string of the molecule is CCOCON1C(=O)C(c2c(C)cc(C)cc2C)=C(OC(=O)c2ccccc2C(F)(F)F)C1(C)C. The fourth-order valence-electron chi connectivity index (χ4n) is 4.27. The third kappa shape index (κ3) is 5.11. The molecule has 0 fully saturated rings. The second-order valence-corrected chi connectivity index (χ2v) is 8.81. The van der Waals surface area contributed by atoms with Crippen LogP contribution in [0, 0.1) is 20.8 Å². The first-order valence-corrected chi connectivity index (χ1v) is 11.1. The molecule has 0 radical (unpaired) electrons. The number of carbonyl (C=O) groups excluding carboxylic acids is 2. The number of nitrogens with zero attached hydrogens (tertiary/aromatic N) is 1. The van der Waals surface area contributed by atoms with E-state index in [4.69, 9.17) is 14.3 Å². The monoisotopic (exact) mass is 491 g/mol. The van der Waals surface area contributed by atoms with E-state index in [1.807, 2.05) is 32.9 Å². The molecule has 1 aliphatic rings. The predicted molar refractivity (Wildman–Crippen MR) is 123 cm³/mol. The number of rotatable bonds is 7. The van der Waals surface area contributed by atoms with E-state index < -0.39 is 34.7 Å². The molecule has 1 aliphatic heterocycles. The summed E-state index contributed by atoms with van der Waals surface area (Å²) >= 11 is 0. The molecule has 1 heterocycles. The Balaban J connectivity index is 2.17. The first-order chi connectivity index (χ1) is 16.3. The predicted octanol–water partition coefficient (Wildman–Crippen LogP) is 5.75. The Kier molecular flexibility index (Phi) is 7.42. The van der Waals surface area contributed by atoms with Gasteiger partial charge in [0, 0.05) is 6.61 Å². The van der Waals surface area contributed by atoms with Gasteiger partial charge in [0.05, 0.1) is 16.7 Å². The molecule has 0 saturated carbocycles. The van der Waals surface area contributed by atoms with E-state index in [0.29, 0.717) is 12.2 Å². The largest absolute Gasteiger partial charge is 0.424 e. The minimum atomic E-state index is -4.76. The van der Waals surface area contributed by atoms with Crippen LogP contribution < -0.4 is 0 Å². The maximum atomic E-state index is 13.6. The normalized spacial score (nSPS) is 15.7. The molecule has 1 amide bonds. The molecule has 35 heavy (non-hydrogen) atoms. The lowest BCUT2D eigenvalue weighted by molar-refractivity contribution is -0.242. The summed E-state index contributed by atoms with van der Waals surface area (Å²) in [6.45, 7) is 10.6. The van der Waals surface area contributed by atoms with Crippen molar-refractivity contribution in [2.24, 2.45) is 0 Å². The standard InChI is InChI=1S/C26H28F3NO5/c1-7-33-14-34-30-23(31)21(20-16(3)12-15(2)13-17(20)4)22(25(30,5)6)35-24(32)18-10-8-9-11-19(18)26(27,28)29/h8-13H,7,14H2,1-6H3. The Hall–Kier alpha value is -3.17. The maximum Gasteiger partial charge on any atom is 0.417 e. The average Bonchev–Trinajstić information content (AvgIpc) is 2.93. The van der Waals surface area contributed by atoms with Crippen LogP contribution in [0.25, 0.3) is 5.57 Å². The number of esters is 1. The van der Waals surface area contributed by atoms with Crippen molar-refractivity contribution in [2.45, 2.75) is 53.3 Å². The van der Waals surface area contributed by atoms with Crippen molar-refractivity contribution >= 4 is 17.4 Å². The lowest BCUT2D eigenvalue weighted by Gasteiger charge is -2.31. The summed E-state index contributed by atoms with van der Waals surface area (Å²) in [6, 6.07) is 8.10. The number of benzene rings is 2. The van der Waals surface area contributed by atoms with Crippen LogP contribution >= 0.6 is 0 Å². The molecule has 0 bridgehead atoms. The summed E-state index contributed by atoms with van der Waals surface area (Å²) in [4.78, 5) is 32.2. The van der Waals surface area contributed by atoms with Crippen LogP contribution in [-0.4, -0.2) is 35.9 Å². The molecule has 0 aliphatic carbocycles. The molecule has 2 aromatic carbocycles. The van der Waals surface area contributed by atoms with Gasteiger partial charge in [-0.15, -0.1) is 0 Å². The zero-order valence-corrected chi connectivity index (χ0v) is 20.5. The van der Waals surface area contributed by atoms with E-state index >= 15 is 0 Å². The molecule has 9 heteroatoms. The van der Waals surface area contributed by atoms with E-state index in [9.17, 15) is 22.8 Å². The number of hydrogen-bond donors (Lipinski definition) is 0. The van der Waals surface area contributed by atoms with Gasteiger partial charge >= 0.3 is 12.1 Å². The number of amides is 1. The quantitative estimate of drug-likeness (QED) is 0.281. The molecule has 3 rings (SSSR count). The van der Waals surface area contributed by atoms with Crippen LogP contribution in [0.2, 0.25) is 0 Å². The van der Waals surface area contributed by atoms with Crippen LogP contribution in [0.1, 0.15) is 58.9 Å². The summed E-state index contributed by atoms with van der Waals surface area (Å²) in [6.07, 6.45) is -4.76. The van der Waals surface area contributed by atoms with Crippen LogP contribution in [0.5, 0.6) is 0 Å². The number of halogens is 3. The van der Waals surface area contributed by atoms with Gasteiger partial charge in [-0.2, -0.15) is 13.2 Å². The number of ether oxygens (including phenoxy) is 2. The number of alkyl halides is 3. The molecule has 2 aromatic rings. The summed E-state index contributed by atoms with van der Waals surface area (Å²) in [7, 11) is 0. The molecule has 0 spiro atoms. The highest BCUT2D eigenvalue weighted by Gasteiger charge is 2.50.